The minimum atomic E-state index is -4.67. The highest BCUT2D eigenvalue weighted by Gasteiger charge is 2.36. The molecule has 0 unspecified atom stereocenters. The minimum absolute atomic E-state index is 0.00535. The molecule has 3 rings (SSSR count). The molecular weight excluding hydrogens is 514 g/mol. The third-order valence-electron chi connectivity index (χ3n) is 5.26. The lowest BCUT2D eigenvalue weighted by Gasteiger charge is -2.32. The molecule has 12 heteroatoms. The van der Waals surface area contributed by atoms with Crippen molar-refractivity contribution in [3.63, 3.8) is 0 Å². The first kappa shape index (κ1) is 28.6. The summed E-state index contributed by atoms with van der Waals surface area (Å²) in [5.74, 6) is 0.759. The summed E-state index contributed by atoms with van der Waals surface area (Å²) < 4.78 is 41.9. The summed E-state index contributed by atoms with van der Waals surface area (Å²) in [6.45, 7) is 6.44. The SMILES string of the molecule is Cc1c(Cl)ccc(OC2CCN(CCCN(C)C)CC2)c1Cl.O=Cc1sc(=O)[nH]c1C(F)(F)F. The number of aromatic amines is 1. The van der Waals surface area contributed by atoms with Crippen LogP contribution in [0.1, 0.15) is 40.2 Å². The fraction of sp³-hybridized carbons (Fsp3) is 0.545. The maximum absolute atomic E-state index is 11.9. The van der Waals surface area contributed by atoms with Gasteiger partial charge in [-0.1, -0.05) is 34.5 Å². The molecule has 190 valence electrons. The second-order valence-corrected chi connectivity index (χ2v) is 9.97. The number of alkyl halides is 3. The zero-order valence-corrected chi connectivity index (χ0v) is 21.5. The Balaban J connectivity index is 0.000000287. The van der Waals surface area contributed by atoms with E-state index in [1.807, 2.05) is 19.1 Å². The topological polar surface area (TPSA) is 65.6 Å². The lowest BCUT2D eigenvalue weighted by molar-refractivity contribution is -0.141. The van der Waals surface area contributed by atoms with Gasteiger partial charge >= 0.3 is 11.0 Å². The number of hydrogen-bond acceptors (Lipinski definition) is 6. The highest BCUT2D eigenvalue weighted by molar-refractivity contribution is 7.11. The predicted molar refractivity (Wildman–Crippen MR) is 130 cm³/mol. The van der Waals surface area contributed by atoms with E-state index in [2.05, 4.69) is 23.9 Å². The number of H-pyrrole nitrogens is 1. The van der Waals surface area contributed by atoms with Crippen molar-refractivity contribution >= 4 is 40.8 Å². The Kier molecular flexibility index (Phi) is 10.9. The highest BCUT2D eigenvalue weighted by Crippen LogP contribution is 2.34. The fourth-order valence-electron chi connectivity index (χ4n) is 3.40. The number of aldehydes is 1. The van der Waals surface area contributed by atoms with Crippen LogP contribution in [0.5, 0.6) is 5.75 Å². The summed E-state index contributed by atoms with van der Waals surface area (Å²) in [5, 5.41) is 1.33. The molecule has 1 aliphatic heterocycles. The number of benzene rings is 1. The first-order chi connectivity index (χ1) is 15.9. The van der Waals surface area contributed by atoms with E-state index >= 15 is 0 Å². The predicted octanol–water partition coefficient (Wildman–Crippen LogP) is 5.36. The summed E-state index contributed by atoms with van der Waals surface area (Å²) in [6.07, 6.45) is -1.08. The van der Waals surface area contributed by atoms with Gasteiger partial charge in [-0.05, 0) is 71.1 Å². The number of nitrogens with zero attached hydrogens (tertiary/aromatic N) is 2. The normalized spacial score (nSPS) is 15.2. The van der Waals surface area contributed by atoms with E-state index in [1.54, 1.807) is 4.98 Å². The molecule has 0 radical (unpaired) electrons. The Morgan fingerprint density at radius 3 is 2.44 bits per heavy atom. The average Bonchev–Trinajstić information content (AvgIpc) is 3.17. The summed E-state index contributed by atoms with van der Waals surface area (Å²) in [5.41, 5.74) is -0.380. The minimum Gasteiger partial charge on any atom is -0.489 e. The molecule has 0 bridgehead atoms. The largest absolute Gasteiger partial charge is 0.489 e. The highest BCUT2D eigenvalue weighted by atomic mass is 35.5. The van der Waals surface area contributed by atoms with Crippen LogP contribution in [-0.4, -0.2) is 67.4 Å². The number of halogens is 5. The summed E-state index contributed by atoms with van der Waals surface area (Å²) in [4.78, 5) is 25.3. The number of hydrogen-bond donors (Lipinski definition) is 1. The number of rotatable bonds is 7. The van der Waals surface area contributed by atoms with Gasteiger partial charge in [-0.2, -0.15) is 13.2 Å². The summed E-state index contributed by atoms with van der Waals surface area (Å²) in [6, 6.07) is 3.73. The van der Waals surface area contributed by atoms with Gasteiger partial charge in [0.2, 0.25) is 0 Å². The van der Waals surface area contributed by atoms with Crippen molar-refractivity contribution in [3.05, 3.63) is 48.0 Å². The lowest BCUT2D eigenvalue weighted by Crippen LogP contribution is -2.39. The quantitative estimate of drug-likeness (QED) is 0.477. The van der Waals surface area contributed by atoms with Crippen molar-refractivity contribution in [3.8, 4) is 5.75 Å². The molecule has 2 aromatic rings. The Labute approximate surface area is 210 Å². The zero-order valence-electron chi connectivity index (χ0n) is 19.2. The van der Waals surface area contributed by atoms with Crippen LogP contribution < -0.4 is 9.61 Å². The van der Waals surface area contributed by atoms with E-state index in [9.17, 15) is 22.8 Å². The van der Waals surface area contributed by atoms with E-state index in [0.29, 0.717) is 10.0 Å². The Morgan fingerprint density at radius 2 is 1.91 bits per heavy atom. The van der Waals surface area contributed by atoms with Crippen LogP contribution in [0, 0.1) is 6.92 Å². The maximum atomic E-state index is 11.9. The molecular formula is C22H28Cl2F3N3O3S. The molecule has 0 spiro atoms. The first-order valence-electron chi connectivity index (χ1n) is 10.7. The number of carbonyl (C=O) groups excluding carboxylic acids is 1. The number of ether oxygens (including phenoxy) is 1. The first-order valence-corrected chi connectivity index (χ1v) is 12.2. The van der Waals surface area contributed by atoms with Crippen molar-refractivity contribution in [2.24, 2.45) is 0 Å². The van der Waals surface area contributed by atoms with Crippen LogP contribution in [0.3, 0.4) is 0 Å². The third-order valence-corrected chi connectivity index (χ3v) is 6.95. The van der Waals surface area contributed by atoms with Gasteiger partial charge in [0, 0.05) is 18.1 Å². The number of likely N-dealkylation sites (tertiary alicyclic amines) is 1. The molecule has 1 fully saturated rings. The molecule has 6 nitrogen and oxygen atoms in total. The standard InChI is InChI=1S/C17H26Cl2N2O.C5H2F3NO2S/c1-13-15(18)5-6-16(17(13)19)22-14-7-11-21(12-8-14)10-4-9-20(2)3;6-5(7,8)3-2(1-10)12-4(11)9-3/h5-6,14H,4,7-12H2,1-3H3;1H,(H,9,11). The summed E-state index contributed by atoms with van der Waals surface area (Å²) >= 11 is 12.6. The molecule has 0 aliphatic carbocycles. The van der Waals surface area contributed by atoms with Crippen molar-refractivity contribution in [1.29, 1.82) is 0 Å². The Morgan fingerprint density at radius 1 is 1.26 bits per heavy atom. The van der Waals surface area contributed by atoms with Gasteiger partial charge in [0.25, 0.3) is 0 Å². The number of nitrogens with one attached hydrogen (secondary N) is 1. The van der Waals surface area contributed by atoms with E-state index in [0.717, 1.165) is 43.8 Å². The molecule has 1 N–H and O–H groups in total. The van der Waals surface area contributed by atoms with Gasteiger partial charge in [0.1, 0.15) is 22.4 Å². The fourth-order valence-corrected chi connectivity index (χ4v) is 4.49. The average molecular weight is 542 g/mol. The molecule has 1 aliphatic rings. The molecule has 34 heavy (non-hydrogen) atoms. The van der Waals surface area contributed by atoms with Gasteiger partial charge in [-0.25, -0.2) is 0 Å². The number of aromatic nitrogens is 1. The van der Waals surface area contributed by atoms with E-state index in [-0.39, 0.29) is 23.7 Å². The zero-order chi connectivity index (χ0) is 25.5. The van der Waals surface area contributed by atoms with Gasteiger partial charge in [0.15, 0.2) is 6.29 Å². The molecule has 1 aromatic carbocycles. The molecule has 1 saturated heterocycles. The van der Waals surface area contributed by atoms with Crippen LogP contribution in [0.4, 0.5) is 13.2 Å². The lowest BCUT2D eigenvalue weighted by atomic mass is 10.1. The van der Waals surface area contributed by atoms with Crippen LogP contribution in [0.2, 0.25) is 10.0 Å². The van der Waals surface area contributed by atoms with Gasteiger partial charge in [0.05, 0.1) is 5.02 Å². The summed E-state index contributed by atoms with van der Waals surface area (Å²) in [7, 11) is 4.25. The van der Waals surface area contributed by atoms with E-state index in [4.69, 9.17) is 27.9 Å². The monoisotopic (exact) mass is 541 g/mol. The van der Waals surface area contributed by atoms with E-state index in [1.165, 1.54) is 13.0 Å². The maximum Gasteiger partial charge on any atom is 0.432 e. The number of piperidine rings is 1. The van der Waals surface area contributed by atoms with Gasteiger partial charge in [-0.15, -0.1) is 0 Å². The molecule has 2 heterocycles. The van der Waals surface area contributed by atoms with Crippen molar-refractivity contribution in [2.75, 3.05) is 40.3 Å². The van der Waals surface area contributed by atoms with Crippen molar-refractivity contribution < 1.29 is 22.7 Å². The van der Waals surface area contributed by atoms with Crippen LogP contribution in [-0.2, 0) is 6.18 Å². The van der Waals surface area contributed by atoms with Crippen LogP contribution >= 0.6 is 34.5 Å². The molecule has 0 atom stereocenters. The smallest absolute Gasteiger partial charge is 0.432 e. The van der Waals surface area contributed by atoms with Crippen LogP contribution in [0.15, 0.2) is 16.9 Å². The van der Waals surface area contributed by atoms with Gasteiger partial charge in [-0.3, -0.25) is 9.59 Å². The Hall–Kier alpha value is -1.59. The molecule has 0 amide bonds. The van der Waals surface area contributed by atoms with E-state index < -0.39 is 21.6 Å². The molecule has 0 saturated carbocycles. The second-order valence-electron chi connectivity index (χ2n) is 8.17. The second kappa shape index (κ2) is 12.9. The Bertz CT molecular complexity index is 1000. The number of carbonyl (C=O) groups is 1. The van der Waals surface area contributed by atoms with Crippen LogP contribution in [0.25, 0.3) is 0 Å². The van der Waals surface area contributed by atoms with Gasteiger partial charge < -0.3 is 19.5 Å². The van der Waals surface area contributed by atoms with Crippen molar-refractivity contribution in [1.82, 2.24) is 14.8 Å². The molecule has 1 aromatic heterocycles. The van der Waals surface area contributed by atoms with Crippen molar-refractivity contribution in [2.45, 2.75) is 38.5 Å². The third kappa shape index (κ3) is 8.57. The number of thiazole rings is 1.